The van der Waals surface area contributed by atoms with Crippen LogP contribution in [0.4, 0.5) is 0 Å². The van der Waals surface area contributed by atoms with Crippen LogP contribution in [0.3, 0.4) is 0 Å². The molecule has 3 aliphatic rings. The van der Waals surface area contributed by atoms with E-state index in [9.17, 15) is 16.8 Å². The number of oxime groups is 2. The van der Waals surface area contributed by atoms with E-state index in [-0.39, 0.29) is 23.0 Å². The van der Waals surface area contributed by atoms with Crippen LogP contribution in [-0.2, 0) is 29.7 Å². The van der Waals surface area contributed by atoms with Gasteiger partial charge in [0.2, 0.25) is 20.0 Å². The molecule has 2 aliphatic heterocycles. The van der Waals surface area contributed by atoms with E-state index in [4.69, 9.17) is 21.1 Å². The maximum absolute atomic E-state index is 14.0. The van der Waals surface area contributed by atoms with Gasteiger partial charge in [-0.25, -0.2) is 16.8 Å². The number of fused-ring (bicyclic) bond motifs is 2. The third-order valence-corrected chi connectivity index (χ3v) is 12.9. The molecule has 2 aromatic carbocycles. The van der Waals surface area contributed by atoms with Crippen LogP contribution in [0.2, 0.25) is 0 Å². The molecule has 0 aromatic heterocycles. The number of nitrogens with two attached hydrogens (primary N) is 2. The number of nitrogens with zero attached hydrogens (tertiary/aromatic N) is 4. The standard InChI is InChI=1S/C34H50N6O6S2/c35-17-11-23-45-37-33-29-15-13-27(47(41,42)39-19-7-3-1-4-8-20-39)25-31(29)34(38-46-24-12-18-36)32-26-28(14-16-30(32)33)48(43,44)40-21-9-5-2-6-10-22-40/h13-16,25-26H,1-12,17-24,35-36H2. The summed E-state index contributed by atoms with van der Waals surface area (Å²) >= 11 is 0. The molecule has 0 atom stereocenters. The van der Waals surface area contributed by atoms with E-state index in [1.165, 1.54) is 0 Å². The molecule has 2 heterocycles. The first-order valence-corrected chi connectivity index (χ1v) is 20.3. The molecule has 2 aromatic rings. The largest absolute Gasteiger partial charge is 0.395 e. The molecule has 0 bridgehead atoms. The lowest BCUT2D eigenvalue weighted by atomic mass is 9.83. The van der Waals surface area contributed by atoms with Gasteiger partial charge < -0.3 is 21.1 Å². The second-order valence-electron chi connectivity index (χ2n) is 12.6. The Balaban J connectivity index is 1.64. The Morgan fingerprint density at radius 3 is 1.27 bits per heavy atom. The fourth-order valence-corrected chi connectivity index (χ4v) is 9.48. The maximum Gasteiger partial charge on any atom is 0.243 e. The molecule has 48 heavy (non-hydrogen) atoms. The fourth-order valence-electron chi connectivity index (χ4n) is 6.39. The first-order valence-electron chi connectivity index (χ1n) is 17.4. The highest BCUT2D eigenvalue weighted by atomic mass is 32.2. The molecule has 0 unspecified atom stereocenters. The Kier molecular flexibility index (Phi) is 13.0. The Morgan fingerprint density at radius 2 is 0.896 bits per heavy atom. The van der Waals surface area contributed by atoms with Gasteiger partial charge in [0.15, 0.2) is 0 Å². The Labute approximate surface area is 285 Å². The fraction of sp³-hybridized carbons (Fsp3) is 0.588. The second kappa shape index (κ2) is 17.2. The molecule has 4 N–H and O–H groups in total. The van der Waals surface area contributed by atoms with Crippen LogP contribution in [0.25, 0.3) is 0 Å². The summed E-state index contributed by atoms with van der Waals surface area (Å²) < 4.78 is 59.2. The molecule has 0 saturated carbocycles. The summed E-state index contributed by atoms with van der Waals surface area (Å²) in [5.74, 6) is 0. The van der Waals surface area contributed by atoms with E-state index in [0.717, 1.165) is 64.2 Å². The highest BCUT2D eigenvalue weighted by molar-refractivity contribution is 7.89. The number of rotatable bonds is 12. The Bertz CT molecular complexity index is 1560. The van der Waals surface area contributed by atoms with Crippen LogP contribution >= 0.6 is 0 Å². The summed E-state index contributed by atoms with van der Waals surface area (Å²) in [7, 11) is -7.65. The van der Waals surface area contributed by atoms with Crippen molar-refractivity contribution in [1.82, 2.24) is 8.61 Å². The van der Waals surface area contributed by atoms with Gasteiger partial charge in [-0.05, 0) is 75.9 Å². The molecule has 2 saturated heterocycles. The van der Waals surface area contributed by atoms with Crippen LogP contribution in [0, 0.1) is 0 Å². The molecular weight excluding hydrogens is 653 g/mol. The minimum Gasteiger partial charge on any atom is -0.395 e. The third kappa shape index (κ3) is 8.45. The lowest BCUT2D eigenvalue weighted by Gasteiger charge is -2.27. The quantitative estimate of drug-likeness (QED) is 0.210. The van der Waals surface area contributed by atoms with Crippen molar-refractivity contribution in [2.24, 2.45) is 21.8 Å². The van der Waals surface area contributed by atoms with Crippen LogP contribution in [0.1, 0.15) is 99.3 Å². The van der Waals surface area contributed by atoms with Gasteiger partial charge in [-0.15, -0.1) is 0 Å². The zero-order valence-electron chi connectivity index (χ0n) is 27.8. The highest BCUT2D eigenvalue weighted by Gasteiger charge is 2.34. The molecule has 14 heteroatoms. The number of benzene rings is 2. The molecule has 0 spiro atoms. The molecule has 2 fully saturated rings. The van der Waals surface area contributed by atoms with Crippen molar-refractivity contribution in [3.05, 3.63) is 58.7 Å². The summed E-state index contributed by atoms with van der Waals surface area (Å²) in [5, 5.41) is 8.99. The zero-order valence-corrected chi connectivity index (χ0v) is 29.4. The molecular formula is C34H50N6O6S2. The maximum atomic E-state index is 14.0. The topological polar surface area (TPSA) is 170 Å². The number of hydrogen-bond donors (Lipinski definition) is 2. The smallest absolute Gasteiger partial charge is 0.243 e. The lowest BCUT2D eigenvalue weighted by molar-refractivity contribution is 0.143. The SMILES string of the molecule is NCCCON=C1c2ccc(S(=O)(=O)N3CCCCCCC3)cc2C(=NOCCCN)c2cc(S(=O)(=O)N3CCCCCCC3)ccc21. The average molecular weight is 703 g/mol. The van der Waals surface area contributed by atoms with Crippen LogP contribution in [-0.4, -0.2) is 89.4 Å². The summed E-state index contributed by atoms with van der Waals surface area (Å²) in [5.41, 5.74) is 14.3. The van der Waals surface area contributed by atoms with Crippen molar-refractivity contribution in [2.45, 2.75) is 86.8 Å². The van der Waals surface area contributed by atoms with E-state index in [2.05, 4.69) is 10.3 Å². The van der Waals surface area contributed by atoms with Crippen molar-refractivity contribution >= 4 is 31.5 Å². The Morgan fingerprint density at radius 1 is 0.542 bits per heavy atom. The molecule has 1 aliphatic carbocycles. The molecule has 5 rings (SSSR count). The zero-order chi connectivity index (χ0) is 34.0. The van der Waals surface area contributed by atoms with Gasteiger partial charge in [-0.1, -0.05) is 61.0 Å². The van der Waals surface area contributed by atoms with Crippen molar-refractivity contribution in [3.8, 4) is 0 Å². The monoisotopic (exact) mass is 702 g/mol. The first-order chi connectivity index (χ1) is 23.3. The summed E-state index contributed by atoms with van der Waals surface area (Å²) in [6, 6.07) is 9.85. The van der Waals surface area contributed by atoms with Crippen LogP contribution < -0.4 is 11.5 Å². The van der Waals surface area contributed by atoms with E-state index in [1.807, 2.05) is 0 Å². The lowest BCUT2D eigenvalue weighted by Crippen LogP contribution is -2.34. The third-order valence-electron chi connectivity index (χ3n) is 9.10. The molecule has 12 nitrogen and oxygen atoms in total. The van der Waals surface area contributed by atoms with Crippen LogP contribution in [0.5, 0.6) is 0 Å². The van der Waals surface area contributed by atoms with Gasteiger partial charge in [-0.2, -0.15) is 8.61 Å². The van der Waals surface area contributed by atoms with Gasteiger partial charge in [0.1, 0.15) is 24.6 Å². The van der Waals surface area contributed by atoms with Gasteiger partial charge >= 0.3 is 0 Å². The first kappa shape index (κ1) is 36.4. The normalized spacial score (nSPS) is 18.5. The van der Waals surface area contributed by atoms with Crippen molar-refractivity contribution in [3.63, 3.8) is 0 Å². The highest BCUT2D eigenvalue weighted by Crippen LogP contribution is 2.34. The average Bonchev–Trinajstić information content (AvgIpc) is 3.04. The van der Waals surface area contributed by atoms with Gasteiger partial charge in [0.05, 0.1) is 9.79 Å². The van der Waals surface area contributed by atoms with Crippen LogP contribution in [0.15, 0.2) is 56.5 Å². The van der Waals surface area contributed by atoms with Gasteiger partial charge in [0.25, 0.3) is 0 Å². The van der Waals surface area contributed by atoms with Crippen molar-refractivity contribution < 1.29 is 26.5 Å². The van der Waals surface area contributed by atoms with Gasteiger partial charge in [-0.3, -0.25) is 0 Å². The van der Waals surface area contributed by atoms with Crippen molar-refractivity contribution in [1.29, 1.82) is 0 Å². The predicted octanol–water partition coefficient (Wildman–Crippen LogP) is 4.15. The summed E-state index contributed by atoms with van der Waals surface area (Å²) in [6.07, 6.45) is 10.6. The van der Waals surface area contributed by atoms with E-state index in [1.54, 1.807) is 45.0 Å². The minimum atomic E-state index is -3.83. The van der Waals surface area contributed by atoms with E-state index >= 15 is 0 Å². The number of sulfonamides is 2. The Hall–Kier alpha value is -2.88. The minimum absolute atomic E-state index is 0.132. The van der Waals surface area contributed by atoms with E-state index < -0.39 is 20.0 Å². The number of hydrogen-bond acceptors (Lipinski definition) is 10. The molecule has 264 valence electrons. The second-order valence-corrected chi connectivity index (χ2v) is 16.5. The van der Waals surface area contributed by atoms with E-state index in [0.29, 0.717) is 85.8 Å². The van der Waals surface area contributed by atoms with Crippen molar-refractivity contribution in [2.75, 3.05) is 52.5 Å². The summed E-state index contributed by atoms with van der Waals surface area (Å²) in [4.78, 5) is 11.7. The summed E-state index contributed by atoms with van der Waals surface area (Å²) in [6.45, 7) is 3.23. The predicted molar refractivity (Wildman–Crippen MR) is 187 cm³/mol. The molecule has 0 amide bonds. The van der Waals surface area contributed by atoms with Gasteiger partial charge in [0, 0.05) is 48.4 Å². The molecule has 0 radical (unpaired) electrons.